The van der Waals surface area contributed by atoms with Crippen LogP contribution < -0.4 is 0 Å². The predicted octanol–water partition coefficient (Wildman–Crippen LogP) is 5.62. The van der Waals surface area contributed by atoms with Gasteiger partial charge in [-0.15, -0.1) is 11.8 Å². The van der Waals surface area contributed by atoms with Crippen LogP contribution in [0.3, 0.4) is 0 Å². The number of hydrogen-bond acceptors (Lipinski definition) is 3. The van der Waals surface area contributed by atoms with E-state index in [1.165, 1.54) is 5.56 Å². The number of Topliss-reactive ketones (excluding diaryl/α,β-unsaturated/α-hetero) is 1. The molecule has 1 heterocycles. The van der Waals surface area contributed by atoms with Crippen molar-refractivity contribution in [1.82, 2.24) is 0 Å². The third-order valence-electron chi connectivity index (χ3n) is 4.50. The highest BCUT2D eigenvalue weighted by molar-refractivity contribution is 8.04. The Morgan fingerprint density at radius 2 is 1.72 bits per heavy atom. The Hall–Kier alpha value is -2.39. The molecule has 0 aromatic heterocycles. The van der Waals surface area contributed by atoms with Crippen molar-refractivity contribution in [2.24, 2.45) is 0 Å². The Morgan fingerprint density at radius 1 is 1.04 bits per heavy atom. The summed E-state index contributed by atoms with van der Waals surface area (Å²) in [4.78, 5) is 24.7. The minimum absolute atomic E-state index is 0.0545. The quantitative estimate of drug-likeness (QED) is 0.399. The van der Waals surface area contributed by atoms with Gasteiger partial charge < -0.3 is 0 Å². The summed E-state index contributed by atoms with van der Waals surface area (Å²) in [5.74, 6) is 0.0545. The number of carbonyl (C=O) groups is 2. The van der Waals surface area contributed by atoms with Gasteiger partial charge in [0.2, 0.25) is 0 Å². The Morgan fingerprint density at radius 3 is 2.44 bits per heavy atom. The van der Waals surface area contributed by atoms with Gasteiger partial charge in [0.05, 0.1) is 4.91 Å². The molecule has 0 N–H and O–H groups in total. The molecule has 3 rings (SSSR count). The van der Waals surface area contributed by atoms with Gasteiger partial charge >= 0.3 is 0 Å². The highest BCUT2D eigenvalue weighted by atomic mass is 32.2. The molecule has 2 nitrogen and oxygen atoms in total. The highest BCUT2D eigenvalue weighted by Gasteiger charge is 2.26. The molecule has 25 heavy (non-hydrogen) atoms. The summed E-state index contributed by atoms with van der Waals surface area (Å²) in [6.45, 7) is 3.83. The van der Waals surface area contributed by atoms with Crippen molar-refractivity contribution >= 4 is 29.9 Å². The second-order valence-electron chi connectivity index (χ2n) is 6.22. The lowest BCUT2D eigenvalue weighted by molar-refractivity contribution is -0.104. The topological polar surface area (TPSA) is 34.1 Å². The molecule has 0 aliphatic carbocycles. The Balaban J connectivity index is 1.96. The fraction of sp³-hybridized carbons (Fsp3) is 0.182. The number of hydrogen-bond donors (Lipinski definition) is 0. The number of benzene rings is 2. The van der Waals surface area contributed by atoms with Crippen molar-refractivity contribution in [3.8, 4) is 0 Å². The minimum Gasteiger partial charge on any atom is -0.298 e. The zero-order valence-corrected chi connectivity index (χ0v) is 15.2. The van der Waals surface area contributed by atoms with E-state index in [1.54, 1.807) is 11.8 Å². The minimum atomic E-state index is 0.0545. The summed E-state index contributed by atoms with van der Waals surface area (Å²) in [5, 5.41) is 0.138. The molecule has 1 unspecified atom stereocenters. The average molecular weight is 348 g/mol. The Labute approximate surface area is 152 Å². The number of thioether (sulfide) groups is 1. The van der Waals surface area contributed by atoms with E-state index in [0.717, 1.165) is 34.3 Å². The van der Waals surface area contributed by atoms with E-state index in [2.05, 4.69) is 6.07 Å². The fourth-order valence-electron chi connectivity index (χ4n) is 2.87. The fourth-order valence-corrected chi connectivity index (χ4v) is 4.27. The van der Waals surface area contributed by atoms with Gasteiger partial charge in [-0.25, -0.2) is 0 Å². The lowest BCUT2D eigenvalue weighted by Gasteiger charge is -2.25. The van der Waals surface area contributed by atoms with E-state index < -0.39 is 0 Å². The maximum Gasteiger partial charge on any atom is 0.199 e. The first kappa shape index (κ1) is 17.4. The predicted molar refractivity (Wildman–Crippen MR) is 105 cm³/mol. The van der Waals surface area contributed by atoms with Crippen LogP contribution in [-0.2, 0) is 4.79 Å². The number of rotatable bonds is 5. The molecular weight excluding hydrogens is 328 g/mol. The Bertz CT molecular complexity index is 863. The summed E-state index contributed by atoms with van der Waals surface area (Å²) in [6, 6.07) is 17.5. The molecule has 2 aromatic carbocycles. The molecular formula is C22H20O2S. The van der Waals surface area contributed by atoms with Crippen molar-refractivity contribution in [2.45, 2.75) is 25.5 Å². The summed E-state index contributed by atoms with van der Waals surface area (Å²) in [5.41, 5.74) is 4.84. The molecule has 1 aliphatic heterocycles. The van der Waals surface area contributed by atoms with Crippen LogP contribution in [0.25, 0.3) is 6.08 Å². The van der Waals surface area contributed by atoms with Gasteiger partial charge in [-0.05, 0) is 43.0 Å². The van der Waals surface area contributed by atoms with Gasteiger partial charge in [-0.2, -0.15) is 0 Å². The molecule has 0 saturated carbocycles. The van der Waals surface area contributed by atoms with E-state index in [-0.39, 0.29) is 11.0 Å². The van der Waals surface area contributed by atoms with E-state index >= 15 is 0 Å². The number of fused-ring (bicyclic) bond motifs is 1. The molecule has 0 spiro atoms. The summed E-state index contributed by atoms with van der Waals surface area (Å²) in [7, 11) is 0. The van der Waals surface area contributed by atoms with Crippen LogP contribution >= 0.6 is 11.8 Å². The van der Waals surface area contributed by atoms with Crippen LogP contribution in [-0.4, -0.2) is 12.1 Å². The van der Waals surface area contributed by atoms with Crippen molar-refractivity contribution in [1.29, 1.82) is 0 Å². The van der Waals surface area contributed by atoms with Crippen LogP contribution in [0.2, 0.25) is 0 Å². The Kier molecular flexibility index (Phi) is 5.34. The molecule has 1 atom stereocenters. The molecule has 0 amide bonds. The van der Waals surface area contributed by atoms with E-state index in [4.69, 9.17) is 0 Å². The van der Waals surface area contributed by atoms with E-state index in [1.807, 2.05) is 68.5 Å². The summed E-state index contributed by atoms with van der Waals surface area (Å²) < 4.78 is 0. The zero-order chi connectivity index (χ0) is 17.8. The molecule has 2 aromatic rings. The molecule has 0 fully saturated rings. The largest absolute Gasteiger partial charge is 0.298 e. The first-order valence-electron chi connectivity index (χ1n) is 8.28. The van der Waals surface area contributed by atoms with Crippen molar-refractivity contribution in [2.75, 3.05) is 0 Å². The van der Waals surface area contributed by atoms with Gasteiger partial charge in [0.1, 0.15) is 6.29 Å². The SMILES string of the molecule is C/C(C=O)=C(\C)CC1SC(C(=O)c2ccccc2)=Cc2ccccc21. The third-order valence-corrected chi connectivity index (χ3v) is 5.76. The van der Waals surface area contributed by atoms with E-state index in [9.17, 15) is 9.59 Å². The maximum atomic E-state index is 12.9. The monoisotopic (exact) mass is 348 g/mol. The van der Waals surface area contributed by atoms with Gasteiger partial charge in [0, 0.05) is 10.8 Å². The van der Waals surface area contributed by atoms with Crippen molar-refractivity contribution < 1.29 is 9.59 Å². The zero-order valence-electron chi connectivity index (χ0n) is 14.4. The van der Waals surface area contributed by atoms with Crippen LogP contribution in [0.5, 0.6) is 0 Å². The van der Waals surface area contributed by atoms with Gasteiger partial charge in [-0.1, -0.05) is 60.2 Å². The second-order valence-corrected chi connectivity index (χ2v) is 7.47. The lowest BCUT2D eigenvalue weighted by atomic mass is 9.96. The molecule has 0 radical (unpaired) electrons. The number of ketones is 1. The lowest BCUT2D eigenvalue weighted by Crippen LogP contribution is -2.09. The average Bonchev–Trinajstić information content (AvgIpc) is 2.67. The summed E-state index contributed by atoms with van der Waals surface area (Å²) >= 11 is 1.59. The van der Waals surface area contributed by atoms with Crippen LogP contribution in [0.4, 0.5) is 0 Å². The maximum absolute atomic E-state index is 12.9. The molecule has 1 aliphatic rings. The van der Waals surface area contributed by atoms with Crippen molar-refractivity contribution in [3.63, 3.8) is 0 Å². The van der Waals surface area contributed by atoms with Crippen LogP contribution in [0.15, 0.2) is 70.6 Å². The standard InChI is InChI=1S/C22H20O2S/c1-15(16(2)14-23)12-20-19-11-7-6-10-18(19)13-21(25-20)22(24)17-8-4-3-5-9-17/h3-11,13-14,20H,12H2,1-2H3/b16-15-. The molecule has 0 bridgehead atoms. The summed E-state index contributed by atoms with van der Waals surface area (Å²) in [6.07, 6.45) is 3.64. The van der Waals surface area contributed by atoms with E-state index in [0.29, 0.717) is 5.56 Å². The number of carbonyl (C=O) groups excluding carboxylic acids is 2. The first-order chi connectivity index (χ1) is 12.1. The number of allylic oxidation sites excluding steroid dienone is 3. The normalized spacial score (nSPS) is 17.2. The van der Waals surface area contributed by atoms with Gasteiger partial charge in [0.25, 0.3) is 0 Å². The second kappa shape index (κ2) is 7.66. The third kappa shape index (κ3) is 3.83. The smallest absolute Gasteiger partial charge is 0.199 e. The van der Waals surface area contributed by atoms with Crippen LogP contribution in [0, 0.1) is 0 Å². The first-order valence-corrected chi connectivity index (χ1v) is 9.16. The molecule has 3 heteroatoms. The van der Waals surface area contributed by atoms with Crippen LogP contribution in [0.1, 0.15) is 47.0 Å². The highest BCUT2D eigenvalue weighted by Crippen LogP contribution is 2.46. The van der Waals surface area contributed by atoms with Gasteiger partial charge in [-0.3, -0.25) is 9.59 Å². The van der Waals surface area contributed by atoms with Crippen molar-refractivity contribution in [3.05, 3.63) is 87.3 Å². The number of aldehydes is 1. The molecule has 0 saturated heterocycles. The molecule has 126 valence electrons. The van der Waals surface area contributed by atoms with Gasteiger partial charge in [0.15, 0.2) is 5.78 Å².